The molecule has 0 saturated carbocycles. The van der Waals surface area contributed by atoms with Gasteiger partial charge in [0.25, 0.3) is 5.91 Å². The first-order valence-corrected chi connectivity index (χ1v) is 8.02. The summed E-state index contributed by atoms with van der Waals surface area (Å²) in [7, 11) is -3.27. The molecule has 0 aliphatic carbocycles. The van der Waals surface area contributed by atoms with Crippen molar-refractivity contribution in [2.75, 3.05) is 12.8 Å². The summed E-state index contributed by atoms with van der Waals surface area (Å²) < 4.78 is 22.5. The van der Waals surface area contributed by atoms with E-state index in [1.807, 2.05) is 0 Å². The fraction of sp³-hybridized carbons (Fsp3) is 0.364. The molecule has 1 rings (SSSR count). The van der Waals surface area contributed by atoms with Crippen molar-refractivity contribution in [1.82, 2.24) is 5.32 Å². The van der Waals surface area contributed by atoms with Crippen LogP contribution in [-0.2, 0) is 14.6 Å². The topological polar surface area (TPSA) is 83.5 Å². The Balaban J connectivity index is 2.68. The molecule has 0 spiro atoms. The van der Waals surface area contributed by atoms with Gasteiger partial charge in [-0.1, -0.05) is 35.3 Å². The van der Waals surface area contributed by atoms with Gasteiger partial charge in [-0.15, -0.1) is 0 Å². The number of hydrogen-bond donors (Lipinski definition) is 2. The van der Waals surface area contributed by atoms with Gasteiger partial charge in [-0.2, -0.15) is 0 Å². The Morgan fingerprint density at radius 1 is 1.32 bits per heavy atom. The fourth-order valence-electron chi connectivity index (χ4n) is 1.33. The standard InChI is InChI=1S/C11H13Cl2NO4S/c1-19(17,18)8-4-2-7(3-5-8)9(15)6-14-11(16)10(12)13/h2-5,9-10,15H,6H2,1H3,(H,14,16)/t9-/m0/s1. The van der Waals surface area contributed by atoms with Crippen molar-refractivity contribution in [3.63, 3.8) is 0 Å². The Bertz CT molecular complexity index is 542. The Morgan fingerprint density at radius 3 is 2.26 bits per heavy atom. The van der Waals surface area contributed by atoms with Gasteiger partial charge in [0.1, 0.15) is 0 Å². The molecule has 0 unspecified atom stereocenters. The zero-order chi connectivity index (χ0) is 14.6. The molecule has 1 aromatic rings. The molecule has 0 aliphatic heterocycles. The minimum atomic E-state index is -3.27. The van der Waals surface area contributed by atoms with E-state index < -0.39 is 26.7 Å². The molecule has 106 valence electrons. The summed E-state index contributed by atoms with van der Waals surface area (Å²) in [5, 5.41) is 12.1. The maximum Gasteiger partial charge on any atom is 0.253 e. The number of carbonyl (C=O) groups excluding carboxylic acids is 1. The number of benzene rings is 1. The summed E-state index contributed by atoms with van der Waals surface area (Å²) in [6.07, 6.45) is 0.129. The predicted molar refractivity (Wildman–Crippen MR) is 73.0 cm³/mol. The van der Waals surface area contributed by atoms with E-state index in [0.29, 0.717) is 5.56 Å². The van der Waals surface area contributed by atoms with Crippen molar-refractivity contribution >= 4 is 38.9 Å². The number of aliphatic hydroxyl groups excluding tert-OH is 1. The lowest BCUT2D eigenvalue weighted by molar-refractivity contribution is -0.119. The van der Waals surface area contributed by atoms with E-state index in [0.717, 1.165) is 6.26 Å². The van der Waals surface area contributed by atoms with Gasteiger partial charge >= 0.3 is 0 Å². The lowest BCUT2D eigenvalue weighted by Crippen LogP contribution is -2.32. The lowest BCUT2D eigenvalue weighted by atomic mass is 10.1. The minimum absolute atomic E-state index is 0.0625. The summed E-state index contributed by atoms with van der Waals surface area (Å²) in [6.45, 7) is -0.0625. The van der Waals surface area contributed by atoms with Gasteiger partial charge in [0.05, 0.1) is 11.0 Å². The Hall–Kier alpha value is -0.820. The summed E-state index contributed by atoms with van der Waals surface area (Å²) in [4.78, 5) is 10.1. The molecular formula is C11H13Cl2NO4S. The highest BCUT2D eigenvalue weighted by Crippen LogP contribution is 2.16. The molecular weight excluding hydrogens is 313 g/mol. The van der Waals surface area contributed by atoms with E-state index in [1.165, 1.54) is 24.3 Å². The maximum atomic E-state index is 11.3. The van der Waals surface area contributed by atoms with E-state index in [2.05, 4.69) is 5.32 Å². The van der Waals surface area contributed by atoms with E-state index in [1.54, 1.807) is 0 Å². The zero-order valence-electron chi connectivity index (χ0n) is 10.0. The van der Waals surface area contributed by atoms with E-state index in [4.69, 9.17) is 23.2 Å². The molecule has 1 amide bonds. The van der Waals surface area contributed by atoms with Crippen LogP contribution in [0.3, 0.4) is 0 Å². The van der Waals surface area contributed by atoms with E-state index in [9.17, 15) is 18.3 Å². The van der Waals surface area contributed by atoms with Crippen LogP contribution in [0.2, 0.25) is 0 Å². The molecule has 8 heteroatoms. The van der Waals surface area contributed by atoms with Crippen LogP contribution in [0.4, 0.5) is 0 Å². The quantitative estimate of drug-likeness (QED) is 0.792. The van der Waals surface area contributed by atoms with Crippen LogP contribution >= 0.6 is 23.2 Å². The largest absolute Gasteiger partial charge is 0.387 e. The van der Waals surface area contributed by atoms with Crippen LogP contribution in [0.5, 0.6) is 0 Å². The van der Waals surface area contributed by atoms with Crippen molar-refractivity contribution in [3.05, 3.63) is 29.8 Å². The highest BCUT2D eigenvalue weighted by atomic mass is 35.5. The number of hydrogen-bond acceptors (Lipinski definition) is 4. The molecule has 19 heavy (non-hydrogen) atoms. The summed E-state index contributed by atoms with van der Waals surface area (Å²) in [6, 6.07) is 5.74. The minimum Gasteiger partial charge on any atom is -0.387 e. The van der Waals surface area contributed by atoms with Crippen LogP contribution in [-0.4, -0.2) is 37.1 Å². The highest BCUT2D eigenvalue weighted by molar-refractivity contribution is 7.90. The molecule has 0 aromatic heterocycles. The van der Waals surface area contributed by atoms with Crippen LogP contribution in [0.15, 0.2) is 29.2 Å². The van der Waals surface area contributed by atoms with Crippen molar-refractivity contribution in [2.45, 2.75) is 15.8 Å². The van der Waals surface area contributed by atoms with Crippen LogP contribution in [0, 0.1) is 0 Å². The van der Waals surface area contributed by atoms with Gasteiger partial charge in [-0.05, 0) is 17.7 Å². The second kappa shape index (κ2) is 6.56. The number of halogens is 2. The molecule has 0 radical (unpaired) electrons. The number of aliphatic hydroxyl groups is 1. The number of rotatable bonds is 5. The van der Waals surface area contributed by atoms with Crippen LogP contribution in [0.1, 0.15) is 11.7 Å². The third kappa shape index (κ3) is 4.99. The molecule has 1 aromatic carbocycles. The molecule has 0 aliphatic rings. The molecule has 0 heterocycles. The third-order valence-corrected chi connectivity index (χ3v) is 3.89. The number of nitrogens with one attached hydrogen (secondary N) is 1. The fourth-order valence-corrected chi connectivity index (χ4v) is 2.11. The van der Waals surface area contributed by atoms with Gasteiger partial charge in [-0.3, -0.25) is 4.79 Å². The number of amides is 1. The molecule has 0 saturated heterocycles. The molecule has 0 fully saturated rings. The normalized spacial score (nSPS) is 13.3. The van der Waals surface area contributed by atoms with Crippen molar-refractivity contribution in [2.24, 2.45) is 0 Å². The third-order valence-electron chi connectivity index (χ3n) is 2.36. The van der Waals surface area contributed by atoms with Gasteiger partial charge in [-0.25, -0.2) is 8.42 Å². The van der Waals surface area contributed by atoms with Crippen molar-refractivity contribution in [1.29, 1.82) is 0 Å². The Kier molecular flexibility index (Phi) is 5.61. The molecule has 1 atom stereocenters. The molecule has 2 N–H and O–H groups in total. The van der Waals surface area contributed by atoms with Gasteiger partial charge in [0.15, 0.2) is 14.7 Å². The number of alkyl halides is 2. The zero-order valence-corrected chi connectivity index (χ0v) is 12.3. The van der Waals surface area contributed by atoms with Crippen LogP contribution in [0.25, 0.3) is 0 Å². The first-order chi connectivity index (χ1) is 8.71. The smallest absolute Gasteiger partial charge is 0.253 e. The monoisotopic (exact) mass is 325 g/mol. The second-order valence-electron chi connectivity index (χ2n) is 3.90. The Labute approximate surface area is 121 Å². The average molecular weight is 326 g/mol. The van der Waals surface area contributed by atoms with Crippen molar-refractivity contribution in [3.8, 4) is 0 Å². The molecule has 0 bridgehead atoms. The highest BCUT2D eigenvalue weighted by Gasteiger charge is 2.15. The second-order valence-corrected chi connectivity index (χ2v) is 7.01. The van der Waals surface area contributed by atoms with Gasteiger partial charge in [0.2, 0.25) is 0 Å². The Morgan fingerprint density at radius 2 is 1.84 bits per heavy atom. The van der Waals surface area contributed by atoms with Gasteiger partial charge < -0.3 is 10.4 Å². The predicted octanol–water partition coefficient (Wildman–Crippen LogP) is 1.04. The summed E-state index contributed by atoms with van der Waals surface area (Å²) in [5.41, 5.74) is 0.480. The lowest BCUT2D eigenvalue weighted by Gasteiger charge is -2.13. The van der Waals surface area contributed by atoms with Crippen LogP contribution < -0.4 is 5.32 Å². The van der Waals surface area contributed by atoms with E-state index >= 15 is 0 Å². The number of sulfone groups is 1. The SMILES string of the molecule is CS(=O)(=O)c1ccc([C@@H](O)CNC(=O)C(Cl)Cl)cc1. The maximum absolute atomic E-state index is 11.3. The van der Waals surface area contributed by atoms with Gasteiger partial charge in [0, 0.05) is 12.8 Å². The average Bonchev–Trinajstić information content (AvgIpc) is 2.34. The summed E-state index contributed by atoms with van der Waals surface area (Å²) >= 11 is 10.7. The van der Waals surface area contributed by atoms with E-state index in [-0.39, 0.29) is 11.4 Å². The number of carbonyl (C=O) groups is 1. The first kappa shape index (κ1) is 16.2. The summed E-state index contributed by atoms with van der Waals surface area (Å²) in [5.74, 6) is -0.602. The molecule has 5 nitrogen and oxygen atoms in total. The first-order valence-electron chi connectivity index (χ1n) is 5.25. The van der Waals surface area contributed by atoms with Crippen molar-refractivity contribution < 1.29 is 18.3 Å².